The van der Waals surface area contributed by atoms with Gasteiger partial charge in [0, 0.05) is 12.5 Å². The second-order valence-electron chi connectivity index (χ2n) is 9.45. The van der Waals surface area contributed by atoms with E-state index in [4.69, 9.17) is 4.74 Å². The van der Waals surface area contributed by atoms with Crippen LogP contribution in [0.1, 0.15) is 37.8 Å². The number of aliphatic carboxylic acids is 1. The van der Waals surface area contributed by atoms with E-state index in [1.54, 1.807) is 0 Å². The molecule has 0 aliphatic heterocycles. The number of benzene rings is 2. The molecule has 2 aromatic rings. The molecule has 3 rings (SSSR count). The molecule has 0 bridgehead atoms. The number of halogens is 3. The molecule has 2 atom stereocenters. The van der Waals surface area contributed by atoms with Crippen LogP contribution < -0.4 is 10.6 Å². The normalized spacial score (nSPS) is 14.9. The van der Waals surface area contributed by atoms with E-state index in [0.29, 0.717) is 0 Å². The molecule has 0 fully saturated rings. The molecule has 10 heteroatoms. The Kier molecular flexibility index (Phi) is 7.42. The van der Waals surface area contributed by atoms with Crippen molar-refractivity contribution in [3.63, 3.8) is 0 Å². The van der Waals surface area contributed by atoms with Gasteiger partial charge in [-0.05, 0) is 27.7 Å². The molecule has 2 amide bonds. The molecule has 0 heterocycles. The third-order valence-electron chi connectivity index (χ3n) is 5.91. The number of carboxylic acids is 1. The van der Waals surface area contributed by atoms with Crippen LogP contribution in [0.25, 0.3) is 11.1 Å². The largest absolute Gasteiger partial charge is 0.480 e. The monoisotopic (exact) mass is 492 g/mol. The number of ether oxygens (including phenoxy) is 1. The number of nitrogens with one attached hydrogen (secondary N) is 2. The first kappa shape index (κ1) is 26.1. The lowest BCUT2D eigenvalue weighted by Gasteiger charge is -2.30. The minimum Gasteiger partial charge on any atom is -0.480 e. The van der Waals surface area contributed by atoms with E-state index in [1.165, 1.54) is 20.8 Å². The Labute approximate surface area is 200 Å². The second-order valence-corrected chi connectivity index (χ2v) is 9.45. The van der Waals surface area contributed by atoms with E-state index >= 15 is 0 Å². The van der Waals surface area contributed by atoms with E-state index in [9.17, 15) is 32.7 Å². The molecule has 1 unspecified atom stereocenters. The van der Waals surface area contributed by atoms with Gasteiger partial charge in [-0.15, -0.1) is 0 Å². The standard InChI is InChI=1S/C25H27F3N2O5/c1-24(2,3)20(22(32)33)30-21(31)19(25(26,27)28)12-29-23(34)35-13-18-16-10-6-4-8-14(16)15-9-5-7-11-17(15)18/h4-11,18-20H,12-13H2,1-3H3,(H,29,34)(H,30,31)(H,32,33)/t19?,20-/m0/s1. The van der Waals surface area contributed by atoms with Gasteiger partial charge in [-0.2, -0.15) is 13.2 Å². The number of carbonyl (C=O) groups excluding carboxylic acids is 2. The van der Waals surface area contributed by atoms with Gasteiger partial charge in [0.15, 0.2) is 5.92 Å². The summed E-state index contributed by atoms with van der Waals surface area (Å²) < 4.78 is 45.8. The first-order chi connectivity index (χ1) is 16.3. The lowest BCUT2D eigenvalue weighted by molar-refractivity contribution is -0.183. The quantitative estimate of drug-likeness (QED) is 0.534. The van der Waals surface area contributed by atoms with Crippen LogP contribution in [0.2, 0.25) is 0 Å². The fourth-order valence-corrected chi connectivity index (χ4v) is 4.08. The zero-order valence-electron chi connectivity index (χ0n) is 19.5. The number of alkyl halides is 3. The van der Waals surface area contributed by atoms with E-state index < -0.39 is 48.1 Å². The summed E-state index contributed by atoms with van der Waals surface area (Å²) in [6.45, 7) is 3.23. The smallest absolute Gasteiger partial charge is 0.407 e. The Bertz CT molecular complexity index is 1070. The van der Waals surface area contributed by atoms with Crippen molar-refractivity contribution in [3.05, 3.63) is 59.7 Å². The van der Waals surface area contributed by atoms with Crippen LogP contribution in [-0.2, 0) is 14.3 Å². The highest BCUT2D eigenvalue weighted by Gasteiger charge is 2.47. The Balaban J connectivity index is 1.64. The number of amides is 2. The number of hydrogen-bond donors (Lipinski definition) is 3. The van der Waals surface area contributed by atoms with Gasteiger partial charge in [0.25, 0.3) is 0 Å². The van der Waals surface area contributed by atoms with Crippen molar-refractivity contribution in [2.24, 2.45) is 11.3 Å². The molecular weight excluding hydrogens is 465 g/mol. The number of alkyl carbamates (subject to hydrolysis) is 1. The summed E-state index contributed by atoms with van der Waals surface area (Å²) in [7, 11) is 0. The highest BCUT2D eigenvalue weighted by Crippen LogP contribution is 2.44. The van der Waals surface area contributed by atoms with E-state index in [-0.39, 0.29) is 12.5 Å². The van der Waals surface area contributed by atoms with Crippen molar-refractivity contribution in [2.45, 2.75) is 38.9 Å². The summed E-state index contributed by atoms with van der Waals surface area (Å²) in [4.78, 5) is 36.0. The van der Waals surface area contributed by atoms with Crippen LogP contribution in [0.15, 0.2) is 48.5 Å². The summed E-state index contributed by atoms with van der Waals surface area (Å²) in [6, 6.07) is 13.6. The predicted octanol–water partition coefficient (Wildman–Crippen LogP) is 4.32. The first-order valence-electron chi connectivity index (χ1n) is 11.0. The van der Waals surface area contributed by atoms with Gasteiger partial charge >= 0.3 is 18.2 Å². The SMILES string of the molecule is CC(C)(C)[C@@H](NC(=O)C(CNC(=O)OCC1c2ccccc2-c2ccccc21)C(F)(F)F)C(=O)O. The summed E-state index contributed by atoms with van der Waals surface area (Å²) >= 11 is 0. The molecule has 7 nitrogen and oxygen atoms in total. The minimum atomic E-state index is -5.01. The highest BCUT2D eigenvalue weighted by molar-refractivity contribution is 5.86. The molecular formula is C25H27F3N2O5. The van der Waals surface area contributed by atoms with Crippen LogP contribution in [0.4, 0.5) is 18.0 Å². The lowest BCUT2D eigenvalue weighted by atomic mass is 9.86. The van der Waals surface area contributed by atoms with Crippen molar-refractivity contribution < 1.29 is 37.4 Å². The Hall–Kier alpha value is -3.56. The number of carboxylic acid groups (broad SMARTS) is 1. The maximum Gasteiger partial charge on any atom is 0.407 e. The van der Waals surface area contributed by atoms with Crippen LogP contribution >= 0.6 is 0 Å². The Morgan fingerprint density at radius 2 is 1.49 bits per heavy atom. The van der Waals surface area contributed by atoms with Crippen molar-refractivity contribution in [3.8, 4) is 11.1 Å². The average Bonchev–Trinajstić information content (AvgIpc) is 3.08. The maximum atomic E-state index is 13.5. The topological polar surface area (TPSA) is 105 Å². The predicted molar refractivity (Wildman–Crippen MR) is 122 cm³/mol. The van der Waals surface area contributed by atoms with Crippen molar-refractivity contribution >= 4 is 18.0 Å². The first-order valence-corrected chi connectivity index (χ1v) is 11.0. The van der Waals surface area contributed by atoms with Gasteiger partial charge in [0.2, 0.25) is 5.91 Å². The average molecular weight is 492 g/mol. The van der Waals surface area contributed by atoms with Crippen molar-refractivity contribution in [1.29, 1.82) is 0 Å². The van der Waals surface area contributed by atoms with Gasteiger partial charge in [-0.25, -0.2) is 9.59 Å². The van der Waals surface area contributed by atoms with Crippen LogP contribution in [-0.4, -0.2) is 48.4 Å². The van der Waals surface area contributed by atoms with Crippen molar-refractivity contribution in [1.82, 2.24) is 10.6 Å². The lowest BCUT2D eigenvalue weighted by Crippen LogP contribution is -2.54. The molecule has 0 spiro atoms. The van der Waals surface area contributed by atoms with Crippen LogP contribution in [0, 0.1) is 11.3 Å². The zero-order valence-corrected chi connectivity index (χ0v) is 19.5. The zero-order chi connectivity index (χ0) is 26.0. The summed E-state index contributed by atoms with van der Waals surface area (Å²) in [5.74, 6) is -5.93. The number of fused-ring (bicyclic) bond motifs is 3. The maximum absolute atomic E-state index is 13.5. The number of rotatable bonds is 7. The molecule has 1 aliphatic rings. The molecule has 188 valence electrons. The van der Waals surface area contributed by atoms with Crippen molar-refractivity contribution in [2.75, 3.05) is 13.2 Å². The molecule has 35 heavy (non-hydrogen) atoms. The van der Waals surface area contributed by atoms with E-state index in [0.717, 1.165) is 22.3 Å². The molecule has 0 radical (unpaired) electrons. The van der Waals surface area contributed by atoms with Crippen LogP contribution in [0.5, 0.6) is 0 Å². The Morgan fingerprint density at radius 3 is 1.94 bits per heavy atom. The molecule has 0 aromatic heterocycles. The number of carbonyl (C=O) groups is 3. The fourth-order valence-electron chi connectivity index (χ4n) is 4.08. The van der Waals surface area contributed by atoms with Gasteiger partial charge < -0.3 is 20.5 Å². The fraction of sp³-hybridized carbons (Fsp3) is 0.400. The molecule has 3 N–H and O–H groups in total. The Morgan fingerprint density at radius 1 is 0.971 bits per heavy atom. The molecule has 1 aliphatic carbocycles. The van der Waals surface area contributed by atoms with Gasteiger partial charge in [0.1, 0.15) is 12.6 Å². The molecule has 0 saturated carbocycles. The number of hydrogen-bond acceptors (Lipinski definition) is 4. The third kappa shape index (κ3) is 5.93. The third-order valence-corrected chi connectivity index (χ3v) is 5.91. The summed E-state index contributed by atoms with van der Waals surface area (Å²) in [5.41, 5.74) is 2.85. The second kappa shape index (κ2) is 9.97. The van der Waals surface area contributed by atoms with Crippen LogP contribution in [0.3, 0.4) is 0 Å². The summed E-state index contributed by atoms with van der Waals surface area (Å²) in [5, 5.41) is 13.2. The van der Waals surface area contributed by atoms with E-state index in [1.807, 2.05) is 59.2 Å². The van der Waals surface area contributed by atoms with E-state index in [2.05, 4.69) is 0 Å². The summed E-state index contributed by atoms with van der Waals surface area (Å²) in [6.07, 6.45) is -6.12. The highest BCUT2D eigenvalue weighted by atomic mass is 19.4. The molecule has 0 saturated heterocycles. The molecule has 2 aromatic carbocycles. The van der Waals surface area contributed by atoms with Gasteiger partial charge in [-0.1, -0.05) is 69.3 Å². The van der Waals surface area contributed by atoms with Gasteiger partial charge in [-0.3, -0.25) is 4.79 Å². The van der Waals surface area contributed by atoms with Gasteiger partial charge in [0.05, 0.1) is 0 Å². The minimum absolute atomic E-state index is 0.103.